The predicted molar refractivity (Wildman–Crippen MR) is 112 cm³/mol. The molecule has 1 aliphatic heterocycles. The molecule has 5 nitrogen and oxygen atoms in total. The van der Waals surface area contributed by atoms with Crippen molar-refractivity contribution in [2.75, 3.05) is 12.9 Å². The summed E-state index contributed by atoms with van der Waals surface area (Å²) in [7, 11) is 1.57. The number of aliphatic imine (C=N–C) groups is 1. The fraction of sp³-hybridized carbons (Fsp3) is 0.333. The molecule has 0 fully saturated rings. The summed E-state index contributed by atoms with van der Waals surface area (Å²) in [5, 5.41) is 5.31. The van der Waals surface area contributed by atoms with Gasteiger partial charge in [-0.1, -0.05) is 54.2 Å². The number of carbonyl (C=O) groups is 1. The van der Waals surface area contributed by atoms with E-state index in [1.807, 2.05) is 12.1 Å². The number of halogens is 3. The van der Waals surface area contributed by atoms with E-state index in [-0.39, 0.29) is 23.2 Å². The first kappa shape index (κ1) is 22.0. The molecule has 1 aliphatic rings. The molecule has 3 rings (SSSR count). The van der Waals surface area contributed by atoms with Crippen molar-refractivity contribution in [3.05, 3.63) is 65.7 Å². The Morgan fingerprint density at radius 1 is 1.20 bits per heavy atom. The van der Waals surface area contributed by atoms with Crippen molar-refractivity contribution >= 4 is 22.8 Å². The summed E-state index contributed by atoms with van der Waals surface area (Å²) in [5.41, 5.74) is 1.61. The molecule has 0 unspecified atom stereocenters. The molecule has 160 valence electrons. The van der Waals surface area contributed by atoms with Gasteiger partial charge in [0.1, 0.15) is 11.8 Å². The van der Waals surface area contributed by atoms with Gasteiger partial charge in [0.05, 0.1) is 18.9 Å². The monoisotopic (exact) mass is 437 g/mol. The van der Waals surface area contributed by atoms with Gasteiger partial charge in [0.15, 0.2) is 5.17 Å². The normalized spacial score (nSPS) is 18.9. The molecule has 2 aromatic carbocycles. The van der Waals surface area contributed by atoms with Crippen molar-refractivity contribution in [3.8, 4) is 5.75 Å². The Morgan fingerprint density at radius 3 is 2.53 bits per heavy atom. The van der Waals surface area contributed by atoms with Crippen LogP contribution in [-0.4, -0.2) is 36.2 Å². The molecular weight excluding hydrogens is 415 g/mol. The second-order valence-corrected chi connectivity index (χ2v) is 7.71. The number of amidine groups is 1. The maximum absolute atomic E-state index is 13.4. The lowest BCUT2D eigenvalue weighted by molar-refractivity contribution is -0.155. The average molecular weight is 437 g/mol. The van der Waals surface area contributed by atoms with Gasteiger partial charge in [0, 0.05) is 13.0 Å². The van der Waals surface area contributed by atoms with E-state index in [2.05, 4.69) is 15.6 Å². The van der Waals surface area contributed by atoms with Gasteiger partial charge in [-0.2, -0.15) is 13.2 Å². The molecule has 0 saturated heterocycles. The number of hydrogen-bond donors (Lipinski definition) is 2. The van der Waals surface area contributed by atoms with Crippen LogP contribution in [0.25, 0.3) is 0 Å². The molecule has 0 aromatic heterocycles. The Bertz CT molecular complexity index is 873. The van der Waals surface area contributed by atoms with Gasteiger partial charge in [-0.3, -0.25) is 9.79 Å². The van der Waals surface area contributed by atoms with E-state index < -0.39 is 18.3 Å². The summed E-state index contributed by atoms with van der Waals surface area (Å²) in [5.74, 6) is 0.397. The minimum absolute atomic E-state index is 0.0337. The van der Waals surface area contributed by atoms with Gasteiger partial charge in [0.2, 0.25) is 5.91 Å². The zero-order valence-corrected chi connectivity index (χ0v) is 17.1. The van der Waals surface area contributed by atoms with Gasteiger partial charge >= 0.3 is 6.18 Å². The van der Waals surface area contributed by atoms with Gasteiger partial charge < -0.3 is 15.4 Å². The Balaban J connectivity index is 1.58. The number of amides is 1. The van der Waals surface area contributed by atoms with Gasteiger partial charge in [-0.15, -0.1) is 0 Å². The van der Waals surface area contributed by atoms with Crippen LogP contribution in [0.15, 0.2) is 59.6 Å². The first-order valence-electron chi connectivity index (χ1n) is 9.33. The van der Waals surface area contributed by atoms with Crippen molar-refractivity contribution in [2.45, 2.75) is 31.2 Å². The summed E-state index contributed by atoms with van der Waals surface area (Å²) in [6.07, 6.45) is -4.58. The molecule has 2 aromatic rings. The third-order valence-electron chi connectivity index (χ3n) is 4.60. The van der Waals surface area contributed by atoms with Crippen molar-refractivity contribution in [1.29, 1.82) is 0 Å². The van der Waals surface area contributed by atoms with Crippen LogP contribution >= 0.6 is 11.8 Å². The van der Waals surface area contributed by atoms with Crippen molar-refractivity contribution in [2.24, 2.45) is 4.99 Å². The number of thioether (sulfide) groups is 1. The molecule has 1 amide bonds. The van der Waals surface area contributed by atoms with Crippen LogP contribution in [0.2, 0.25) is 0 Å². The van der Waals surface area contributed by atoms with Crippen molar-refractivity contribution < 1.29 is 22.7 Å². The highest BCUT2D eigenvalue weighted by Crippen LogP contribution is 2.34. The molecule has 0 saturated carbocycles. The van der Waals surface area contributed by atoms with E-state index in [1.165, 1.54) is 0 Å². The van der Waals surface area contributed by atoms with E-state index in [9.17, 15) is 18.0 Å². The number of benzene rings is 2. The van der Waals surface area contributed by atoms with Crippen molar-refractivity contribution in [3.63, 3.8) is 0 Å². The molecule has 0 radical (unpaired) electrons. The molecule has 30 heavy (non-hydrogen) atoms. The number of methoxy groups -OCH3 is 1. The average Bonchev–Trinajstić information content (AvgIpc) is 2.76. The van der Waals surface area contributed by atoms with E-state index in [0.29, 0.717) is 12.3 Å². The van der Waals surface area contributed by atoms with Gasteiger partial charge in [0.25, 0.3) is 0 Å². The summed E-state index contributed by atoms with van der Waals surface area (Å²) in [6.45, 7) is 0.321. The second kappa shape index (κ2) is 9.88. The maximum Gasteiger partial charge on any atom is 0.408 e. The zero-order chi connectivity index (χ0) is 21.6. The minimum Gasteiger partial charge on any atom is -0.497 e. The maximum atomic E-state index is 13.4. The number of alkyl halides is 3. The summed E-state index contributed by atoms with van der Waals surface area (Å²) in [6, 6.07) is 13.8. The Labute approximate surface area is 177 Å². The molecule has 2 N–H and O–H groups in total. The molecule has 0 bridgehead atoms. The van der Waals surface area contributed by atoms with Crippen LogP contribution in [0.5, 0.6) is 5.75 Å². The number of carbonyl (C=O) groups excluding carboxylic acids is 1. The Kier molecular flexibility index (Phi) is 7.25. The summed E-state index contributed by atoms with van der Waals surface area (Å²) >= 11 is 0.972. The smallest absolute Gasteiger partial charge is 0.408 e. The lowest BCUT2D eigenvalue weighted by Gasteiger charge is -2.31. The Morgan fingerprint density at radius 2 is 1.90 bits per heavy atom. The molecule has 1 heterocycles. The highest BCUT2D eigenvalue weighted by atomic mass is 32.2. The number of rotatable bonds is 6. The summed E-state index contributed by atoms with van der Waals surface area (Å²) < 4.78 is 45.1. The number of nitrogens with one attached hydrogen (secondary N) is 2. The third kappa shape index (κ3) is 6.16. The van der Waals surface area contributed by atoms with Crippen LogP contribution in [0.3, 0.4) is 0 Å². The van der Waals surface area contributed by atoms with E-state index in [1.54, 1.807) is 49.6 Å². The predicted octanol–water partition coefficient (Wildman–Crippen LogP) is 4.07. The highest BCUT2D eigenvalue weighted by Gasteiger charge is 2.43. The van der Waals surface area contributed by atoms with Crippen LogP contribution in [0, 0.1) is 0 Å². The molecular formula is C21H22F3N3O2S. The quantitative estimate of drug-likeness (QED) is 0.715. The first-order valence-corrected chi connectivity index (χ1v) is 10.3. The molecule has 2 atom stereocenters. The van der Waals surface area contributed by atoms with E-state index >= 15 is 0 Å². The summed E-state index contributed by atoms with van der Waals surface area (Å²) in [4.78, 5) is 16.6. The highest BCUT2D eigenvalue weighted by molar-refractivity contribution is 8.14. The standard InChI is InChI=1S/C21H22F3N3O2S/c1-29-16-9-7-14(8-10-16)12-25-19(28)13-30-20-26-17(15-5-3-2-4-6-15)11-18(27-20)21(22,23)24/h2-10,17-18H,11-13H2,1H3,(H,25,28)(H,26,27)/t17-,18+/m1/s1. The number of nitrogens with zero attached hydrogens (tertiary/aromatic N) is 1. The molecule has 0 aliphatic carbocycles. The minimum atomic E-state index is -4.40. The van der Waals surface area contributed by atoms with Crippen LogP contribution in [0.1, 0.15) is 23.6 Å². The largest absolute Gasteiger partial charge is 0.497 e. The number of hydrogen-bond acceptors (Lipinski definition) is 5. The second-order valence-electron chi connectivity index (χ2n) is 6.75. The Hall–Kier alpha value is -2.68. The van der Waals surface area contributed by atoms with Crippen LogP contribution < -0.4 is 15.4 Å². The lowest BCUT2D eigenvalue weighted by Crippen LogP contribution is -2.48. The fourth-order valence-electron chi connectivity index (χ4n) is 2.97. The third-order valence-corrected chi connectivity index (χ3v) is 5.50. The van der Waals surface area contributed by atoms with E-state index in [0.717, 1.165) is 22.9 Å². The van der Waals surface area contributed by atoms with Gasteiger partial charge in [-0.05, 0) is 23.3 Å². The van der Waals surface area contributed by atoms with E-state index in [4.69, 9.17) is 4.74 Å². The molecule has 9 heteroatoms. The fourth-order valence-corrected chi connectivity index (χ4v) is 3.77. The van der Waals surface area contributed by atoms with Crippen LogP contribution in [0.4, 0.5) is 13.2 Å². The number of ether oxygens (including phenoxy) is 1. The van der Waals surface area contributed by atoms with Crippen molar-refractivity contribution in [1.82, 2.24) is 10.6 Å². The SMILES string of the molecule is COc1ccc(CNC(=O)CSC2=N[C@@H](c3ccccc3)C[C@@H](C(F)(F)F)N2)cc1. The topological polar surface area (TPSA) is 62.7 Å². The first-order chi connectivity index (χ1) is 14.3. The van der Waals surface area contributed by atoms with Gasteiger partial charge in [-0.25, -0.2) is 0 Å². The van der Waals surface area contributed by atoms with Crippen LogP contribution in [-0.2, 0) is 11.3 Å². The zero-order valence-electron chi connectivity index (χ0n) is 16.3. The lowest BCUT2D eigenvalue weighted by atomic mass is 9.98. The molecule has 0 spiro atoms.